The minimum absolute atomic E-state index is 0.0360. The maximum atomic E-state index is 14.4. The number of hydrogen-bond donors (Lipinski definition) is 0. The molecular formula is C23H23F9O5S3. The maximum Gasteiger partial charge on any atom is 0.460 e. The summed E-state index contributed by atoms with van der Waals surface area (Å²) in [6.45, 7) is 0. The zero-order valence-corrected chi connectivity index (χ0v) is 22.8. The van der Waals surface area contributed by atoms with Crippen LogP contribution in [-0.4, -0.2) is 56.9 Å². The number of alkyl halides is 9. The van der Waals surface area contributed by atoms with Crippen molar-refractivity contribution in [3.63, 3.8) is 0 Å². The molecule has 0 unspecified atom stereocenters. The lowest BCUT2D eigenvalue weighted by Crippen LogP contribution is -2.63. The minimum Gasteiger partial charge on any atom is -0.223 e. The van der Waals surface area contributed by atoms with E-state index in [9.17, 15) is 56.3 Å². The van der Waals surface area contributed by atoms with Crippen LogP contribution in [-0.2, 0) is 23.6 Å². The van der Waals surface area contributed by atoms with Crippen LogP contribution < -0.4 is 0 Å². The van der Waals surface area contributed by atoms with Gasteiger partial charge in [-0.2, -0.15) is 47.9 Å². The van der Waals surface area contributed by atoms with Gasteiger partial charge < -0.3 is 0 Å². The Morgan fingerprint density at radius 2 is 1.23 bits per heavy atom. The van der Waals surface area contributed by atoms with Crippen molar-refractivity contribution in [1.29, 1.82) is 0 Å². The van der Waals surface area contributed by atoms with Gasteiger partial charge in [0, 0.05) is 16.4 Å². The van der Waals surface area contributed by atoms with Crippen molar-refractivity contribution in [1.82, 2.24) is 0 Å². The topological polar surface area (TPSA) is 77.5 Å². The molecule has 40 heavy (non-hydrogen) atoms. The van der Waals surface area contributed by atoms with Crippen LogP contribution in [0.4, 0.5) is 39.5 Å². The van der Waals surface area contributed by atoms with Crippen molar-refractivity contribution < 1.29 is 60.0 Å². The molecule has 0 aromatic heterocycles. The van der Waals surface area contributed by atoms with Crippen molar-refractivity contribution >= 4 is 41.0 Å². The quantitative estimate of drug-likeness (QED) is 0.284. The second-order valence-corrected chi connectivity index (χ2v) is 16.8. The third kappa shape index (κ3) is 4.87. The molecule has 1 heterocycles. The van der Waals surface area contributed by atoms with Crippen LogP contribution in [0.1, 0.15) is 38.5 Å². The van der Waals surface area contributed by atoms with Crippen LogP contribution in [0.15, 0.2) is 46.2 Å². The average molecular weight is 647 g/mol. The van der Waals surface area contributed by atoms with Crippen LogP contribution >= 0.6 is 10.3 Å². The summed E-state index contributed by atoms with van der Waals surface area (Å²) in [5.74, 6) is -15.3. The number of halogens is 9. The lowest BCUT2D eigenvalue weighted by Gasteiger charge is -2.38. The summed E-state index contributed by atoms with van der Waals surface area (Å²) in [6.07, 6.45) is -4.29. The van der Waals surface area contributed by atoms with E-state index in [0.717, 1.165) is 12.8 Å². The molecule has 4 rings (SSSR count). The van der Waals surface area contributed by atoms with Crippen molar-refractivity contribution in [3.05, 3.63) is 36.4 Å². The minimum atomic E-state index is -7.39. The van der Waals surface area contributed by atoms with Gasteiger partial charge in [-0.3, -0.25) is 0 Å². The predicted octanol–water partition coefficient (Wildman–Crippen LogP) is 7.20. The highest BCUT2D eigenvalue weighted by molar-refractivity contribution is 8.33. The summed E-state index contributed by atoms with van der Waals surface area (Å²) in [6, 6.07) is 7.88. The van der Waals surface area contributed by atoms with Gasteiger partial charge in [-0.25, -0.2) is 12.0 Å². The fourth-order valence-electron chi connectivity index (χ4n) is 4.85. The van der Waals surface area contributed by atoms with E-state index in [1.54, 1.807) is 0 Å². The lowest BCUT2D eigenvalue weighted by molar-refractivity contribution is -0.382. The number of sulfone groups is 1. The monoisotopic (exact) mass is 646 g/mol. The molecule has 0 amide bonds. The van der Waals surface area contributed by atoms with Crippen molar-refractivity contribution in [2.75, 3.05) is 11.5 Å². The molecule has 0 spiro atoms. The first-order valence-corrected chi connectivity index (χ1v) is 16.8. The zero-order chi connectivity index (χ0) is 30.0. The molecule has 1 aliphatic carbocycles. The molecule has 2 aliphatic rings. The number of fused-ring (bicyclic) bond motifs is 1. The van der Waals surface area contributed by atoms with E-state index in [-0.39, 0.29) is 34.1 Å². The molecule has 2 aromatic carbocycles. The van der Waals surface area contributed by atoms with Gasteiger partial charge in [0.25, 0.3) is 0 Å². The van der Waals surface area contributed by atoms with Crippen LogP contribution in [0.25, 0.3) is 10.8 Å². The second kappa shape index (κ2) is 9.93. The first kappa shape index (κ1) is 31.2. The number of benzene rings is 2. The SMILES string of the molecule is O=S(=O)(c1ccc2cc(S3(OS(=O)(=O)C(F)(F)C(F)(F)C(F)(F)C(F)(F)F)CCCC3)ccc2c1)C1CCCC1. The molecule has 226 valence electrons. The van der Waals surface area contributed by atoms with Gasteiger partial charge in [0.2, 0.25) is 0 Å². The van der Waals surface area contributed by atoms with Gasteiger partial charge in [0.1, 0.15) is 0 Å². The van der Waals surface area contributed by atoms with Gasteiger partial charge in [0.05, 0.1) is 10.1 Å². The summed E-state index contributed by atoms with van der Waals surface area (Å²) < 4.78 is 176. The Kier molecular flexibility index (Phi) is 7.75. The van der Waals surface area contributed by atoms with E-state index in [0.29, 0.717) is 23.6 Å². The van der Waals surface area contributed by atoms with Gasteiger partial charge in [-0.1, -0.05) is 35.3 Å². The van der Waals surface area contributed by atoms with Crippen LogP contribution in [0.3, 0.4) is 0 Å². The van der Waals surface area contributed by atoms with Crippen LogP contribution in [0.5, 0.6) is 0 Å². The summed E-state index contributed by atoms with van der Waals surface area (Å²) in [5, 5.41) is -6.82. The van der Waals surface area contributed by atoms with Gasteiger partial charge in [-0.05, 0) is 60.7 Å². The van der Waals surface area contributed by atoms with Gasteiger partial charge in [-0.15, -0.1) is 0 Å². The summed E-state index contributed by atoms with van der Waals surface area (Å²) in [7, 11) is -14.1. The largest absolute Gasteiger partial charge is 0.460 e. The summed E-state index contributed by atoms with van der Waals surface area (Å²) in [5.41, 5.74) is 0. The molecule has 0 N–H and O–H groups in total. The molecule has 1 saturated heterocycles. The zero-order valence-electron chi connectivity index (χ0n) is 20.4. The van der Waals surface area contributed by atoms with E-state index in [1.165, 1.54) is 36.4 Å². The first-order chi connectivity index (χ1) is 18.2. The molecule has 0 atom stereocenters. The molecule has 17 heteroatoms. The molecule has 5 nitrogen and oxygen atoms in total. The van der Waals surface area contributed by atoms with E-state index in [4.69, 9.17) is 0 Å². The highest BCUT2D eigenvalue weighted by Gasteiger charge is 2.86. The Bertz CT molecular complexity index is 1490. The van der Waals surface area contributed by atoms with Crippen LogP contribution in [0, 0.1) is 0 Å². The standard InChI is InChI=1S/C23H23F9O5S3/c24-20(25,22(28,29)30)21(26,27)23(31,32)40(35,36)37-38(11-3-4-12-38)18-9-7-16-14-19(10-8-15(16)13-18)39(33,34)17-5-1-2-6-17/h7-10,13-14,17H,1-6,11-12H2. The Hall–Kier alpha value is -1.72. The summed E-state index contributed by atoms with van der Waals surface area (Å²) in [4.78, 5) is -0.0250. The van der Waals surface area contributed by atoms with E-state index in [2.05, 4.69) is 3.63 Å². The Labute approximate surface area is 225 Å². The second-order valence-electron chi connectivity index (χ2n) is 9.73. The van der Waals surface area contributed by atoms with E-state index in [1.807, 2.05) is 0 Å². The lowest BCUT2D eigenvalue weighted by atomic mass is 10.1. The van der Waals surface area contributed by atoms with E-state index < -0.39 is 58.8 Å². The molecule has 1 aliphatic heterocycles. The smallest absolute Gasteiger partial charge is 0.223 e. The molecule has 2 aromatic rings. The third-order valence-electron chi connectivity index (χ3n) is 7.13. The normalized spacial score (nSPS) is 20.7. The highest BCUT2D eigenvalue weighted by atomic mass is 32.3. The Balaban J connectivity index is 1.71. The predicted molar refractivity (Wildman–Crippen MR) is 129 cm³/mol. The molecular weight excluding hydrogens is 623 g/mol. The fraction of sp³-hybridized carbons (Fsp3) is 0.565. The molecule has 2 fully saturated rings. The van der Waals surface area contributed by atoms with Crippen molar-refractivity contribution in [2.45, 2.75) is 76.8 Å². The first-order valence-electron chi connectivity index (χ1n) is 11.9. The van der Waals surface area contributed by atoms with Crippen LogP contribution in [0.2, 0.25) is 0 Å². The number of hydrogen-bond acceptors (Lipinski definition) is 5. The van der Waals surface area contributed by atoms with E-state index >= 15 is 0 Å². The molecule has 1 saturated carbocycles. The number of rotatable bonds is 8. The maximum absolute atomic E-state index is 14.4. The third-order valence-corrected chi connectivity index (χ3v) is 15.0. The van der Waals surface area contributed by atoms with Crippen molar-refractivity contribution in [2.24, 2.45) is 0 Å². The van der Waals surface area contributed by atoms with Gasteiger partial charge >= 0.3 is 33.4 Å². The van der Waals surface area contributed by atoms with Gasteiger partial charge in [0.15, 0.2) is 9.84 Å². The molecule has 0 bridgehead atoms. The average Bonchev–Trinajstić information content (AvgIpc) is 3.55. The summed E-state index contributed by atoms with van der Waals surface area (Å²) >= 11 is 0. The highest BCUT2D eigenvalue weighted by Crippen LogP contribution is 2.65. The van der Waals surface area contributed by atoms with Crippen molar-refractivity contribution in [3.8, 4) is 0 Å². The molecule has 0 radical (unpaired) electrons. The Morgan fingerprint density at radius 1 is 0.700 bits per heavy atom. The fourth-order valence-corrected chi connectivity index (χ4v) is 12.4. The Morgan fingerprint density at radius 3 is 1.77 bits per heavy atom.